The van der Waals surface area contributed by atoms with Crippen LogP contribution in [0.15, 0.2) is 74.9 Å². The van der Waals surface area contributed by atoms with Gasteiger partial charge in [0, 0.05) is 26.4 Å². The average molecular weight is 445 g/mol. The van der Waals surface area contributed by atoms with Crippen molar-refractivity contribution in [3.8, 4) is 0 Å². The van der Waals surface area contributed by atoms with Crippen molar-refractivity contribution in [1.82, 2.24) is 15.2 Å². The Morgan fingerprint density at radius 2 is 1.96 bits per heavy atom. The van der Waals surface area contributed by atoms with Crippen molar-refractivity contribution < 1.29 is 4.79 Å². The second kappa shape index (κ2) is 8.91. The minimum atomic E-state index is -0.106. The summed E-state index contributed by atoms with van der Waals surface area (Å²) < 4.78 is 0.744. The van der Waals surface area contributed by atoms with Crippen LogP contribution in [0.5, 0.6) is 0 Å². The number of nitrogens with zero attached hydrogens (tertiary/aromatic N) is 3. The number of amides is 1. The SMILES string of the molecule is O=C(CSc1ccccc1)Nc1nnc(Sc2ccnc3cc(Cl)ccc23)s1. The van der Waals surface area contributed by atoms with Crippen LogP contribution in [0.2, 0.25) is 5.02 Å². The van der Waals surface area contributed by atoms with Crippen LogP contribution in [0.25, 0.3) is 10.9 Å². The number of halogens is 1. The number of anilines is 1. The molecule has 0 aliphatic rings. The quantitative estimate of drug-likeness (QED) is 0.307. The van der Waals surface area contributed by atoms with Crippen molar-refractivity contribution in [2.24, 2.45) is 0 Å². The summed E-state index contributed by atoms with van der Waals surface area (Å²) in [5.41, 5.74) is 0.827. The lowest BCUT2D eigenvalue weighted by atomic mass is 10.2. The van der Waals surface area contributed by atoms with Crippen molar-refractivity contribution in [2.45, 2.75) is 14.1 Å². The van der Waals surface area contributed by atoms with Gasteiger partial charge in [0.25, 0.3) is 0 Å². The Bertz CT molecular complexity index is 1120. The summed E-state index contributed by atoms with van der Waals surface area (Å²) in [5, 5.41) is 13.2. The molecule has 0 atom stereocenters. The highest BCUT2D eigenvalue weighted by molar-refractivity contribution is 8.01. The number of pyridine rings is 1. The Morgan fingerprint density at radius 1 is 1.11 bits per heavy atom. The molecule has 2 aromatic heterocycles. The van der Waals surface area contributed by atoms with E-state index >= 15 is 0 Å². The number of hydrogen-bond donors (Lipinski definition) is 1. The lowest BCUT2D eigenvalue weighted by Gasteiger charge is -2.03. The normalized spacial score (nSPS) is 10.9. The lowest BCUT2D eigenvalue weighted by molar-refractivity contribution is -0.113. The number of carbonyl (C=O) groups is 1. The van der Waals surface area contributed by atoms with Crippen molar-refractivity contribution in [3.05, 3.63) is 65.8 Å². The molecule has 2 aromatic carbocycles. The van der Waals surface area contributed by atoms with E-state index in [9.17, 15) is 4.79 Å². The fourth-order valence-electron chi connectivity index (χ4n) is 2.40. The summed E-state index contributed by atoms with van der Waals surface area (Å²) in [6.45, 7) is 0. The maximum Gasteiger partial charge on any atom is 0.236 e. The Balaban J connectivity index is 1.40. The van der Waals surface area contributed by atoms with Gasteiger partial charge in [-0.25, -0.2) is 0 Å². The largest absolute Gasteiger partial charge is 0.300 e. The van der Waals surface area contributed by atoms with Crippen LogP contribution in [0.4, 0.5) is 5.13 Å². The summed E-state index contributed by atoms with van der Waals surface area (Å²) in [6.07, 6.45) is 1.74. The van der Waals surface area contributed by atoms with E-state index in [1.165, 1.54) is 34.9 Å². The van der Waals surface area contributed by atoms with E-state index in [0.717, 1.165) is 25.0 Å². The molecule has 0 aliphatic heterocycles. The monoisotopic (exact) mass is 444 g/mol. The molecule has 0 aliphatic carbocycles. The van der Waals surface area contributed by atoms with Crippen LogP contribution >= 0.6 is 46.5 Å². The van der Waals surface area contributed by atoms with E-state index < -0.39 is 0 Å². The molecule has 5 nitrogen and oxygen atoms in total. The topological polar surface area (TPSA) is 67.8 Å². The zero-order chi connectivity index (χ0) is 19.3. The van der Waals surface area contributed by atoms with Gasteiger partial charge in [0.1, 0.15) is 0 Å². The van der Waals surface area contributed by atoms with E-state index in [-0.39, 0.29) is 5.91 Å². The van der Waals surface area contributed by atoms with Gasteiger partial charge >= 0.3 is 0 Å². The van der Waals surface area contributed by atoms with Gasteiger partial charge in [-0.2, -0.15) is 0 Å². The van der Waals surface area contributed by atoms with E-state index in [0.29, 0.717) is 15.9 Å². The summed E-state index contributed by atoms with van der Waals surface area (Å²) in [4.78, 5) is 18.5. The fraction of sp³-hybridized carbons (Fsp3) is 0.0526. The van der Waals surface area contributed by atoms with Crippen molar-refractivity contribution in [2.75, 3.05) is 11.1 Å². The number of aromatic nitrogens is 3. The molecule has 28 heavy (non-hydrogen) atoms. The number of rotatable bonds is 6. The maximum atomic E-state index is 12.1. The van der Waals surface area contributed by atoms with Crippen LogP contribution in [0, 0.1) is 0 Å². The molecule has 140 valence electrons. The fourth-order valence-corrected chi connectivity index (χ4v) is 5.13. The lowest BCUT2D eigenvalue weighted by Crippen LogP contribution is -2.13. The third-order valence-corrected chi connectivity index (χ3v) is 6.84. The number of carbonyl (C=O) groups excluding carboxylic acids is 1. The molecule has 0 saturated heterocycles. The van der Waals surface area contributed by atoms with Crippen molar-refractivity contribution in [1.29, 1.82) is 0 Å². The standard InChI is InChI=1S/C19H13ClN4OS3/c20-12-6-7-14-15(10-12)21-9-8-16(14)27-19-24-23-18(28-19)22-17(25)11-26-13-4-2-1-3-5-13/h1-10H,11H2,(H,22,23,25). The van der Waals surface area contributed by atoms with Gasteiger partial charge in [-0.05, 0) is 30.3 Å². The van der Waals surface area contributed by atoms with E-state index in [1.807, 2.05) is 54.6 Å². The molecule has 0 saturated carbocycles. The highest BCUT2D eigenvalue weighted by atomic mass is 35.5. The third-order valence-electron chi connectivity index (χ3n) is 3.63. The van der Waals surface area contributed by atoms with Crippen molar-refractivity contribution in [3.63, 3.8) is 0 Å². The number of benzene rings is 2. The van der Waals surface area contributed by atoms with E-state index in [1.54, 1.807) is 6.20 Å². The summed E-state index contributed by atoms with van der Waals surface area (Å²) in [7, 11) is 0. The smallest absolute Gasteiger partial charge is 0.236 e. The molecule has 2 heterocycles. The molecule has 4 aromatic rings. The maximum absolute atomic E-state index is 12.1. The van der Waals surface area contributed by atoms with E-state index in [2.05, 4.69) is 20.5 Å². The van der Waals surface area contributed by atoms with Gasteiger partial charge in [0.05, 0.1) is 11.3 Å². The minimum absolute atomic E-state index is 0.106. The molecular weight excluding hydrogens is 432 g/mol. The summed E-state index contributed by atoms with van der Waals surface area (Å²) in [5.74, 6) is 0.215. The van der Waals surface area contributed by atoms with Crippen LogP contribution in [-0.2, 0) is 4.79 Å². The highest BCUT2D eigenvalue weighted by Crippen LogP contribution is 2.36. The Kier molecular flexibility index (Phi) is 6.11. The van der Waals surface area contributed by atoms with E-state index in [4.69, 9.17) is 11.6 Å². The van der Waals surface area contributed by atoms with Crippen molar-refractivity contribution >= 4 is 68.4 Å². The molecule has 0 fully saturated rings. The third kappa shape index (κ3) is 4.82. The second-order valence-electron chi connectivity index (χ2n) is 5.60. The molecule has 0 radical (unpaired) electrons. The average Bonchev–Trinajstić information content (AvgIpc) is 3.14. The first-order valence-electron chi connectivity index (χ1n) is 8.21. The minimum Gasteiger partial charge on any atom is -0.300 e. The molecular formula is C19H13ClN4OS3. The number of thioether (sulfide) groups is 1. The number of nitrogens with one attached hydrogen (secondary N) is 1. The summed E-state index contributed by atoms with van der Waals surface area (Å²) >= 11 is 10.3. The van der Waals surface area contributed by atoms with Crippen LogP contribution in [0.1, 0.15) is 0 Å². The number of fused-ring (bicyclic) bond motifs is 1. The molecule has 1 amide bonds. The predicted molar refractivity (Wildman–Crippen MR) is 117 cm³/mol. The van der Waals surface area contributed by atoms with Gasteiger partial charge in [-0.15, -0.1) is 22.0 Å². The first-order valence-corrected chi connectivity index (χ1v) is 11.2. The molecule has 4 rings (SSSR count). The Hall–Kier alpha value is -2.13. The van der Waals surface area contributed by atoms with Crippen LogP contribution in [-0.4, -0.2) is 26.8 Å². The van der Waals surface area contributed by atoms with Gasteiger partial charge in [-0.3, -0.25) is 15.1 Å². The molecule has 1 N–H and O–H groups in total. The Morgan fingerprint density at radius 3 is 2.82 bits per heavy atom. The molecule has 0 spiro atoms. The predicted octanol–water partition coefficient (Wildman–Crippen LogP) is 5.62. The molecule has 0 bridgehead atoms. The van der Waals surface area contributed by atoms with Crippen LogP contribution in [0.3, 0.4) is 0 Å². The first-order chi connectivity index (χ1) is 13.7. The molecule has 9 heteroatoms. The summed E-state index contributed by atoms with van der Waals surface area (Å²) in [6, 6.07) is 17.3. The molecule has 0 unspecified atom stereocenters. The van der Waals surface area contributed by atoms with Gasteiger partial charge in [0.2, 0.25) is 11.0 Å². The highest BCUT2D eigenvalue weighted by Gasteiger charge is 2.12. The second-order valence-corrected chi connectivity index (χ2v) is 9.35. The zero-order valence-corrected chi connectivity index (χ0v) is 17.5. The number of hydrogen-bond acceptors (Lipinski definition) is 7. The van der Waals surface area contributed by atoms with Gasteiger partial charge in [-0.1, -0.05) is 59.0 Å². The van der Waals surface area contributed by atoms with Gasteiger partial charge < -0.3 is 0 Å². The Labute approximate surface area is 178 Å². The van der Waals surface area contributed by atoms with Crippen LogP contribution < -0.4 is 5.32 Å². The zero-order valence-electron chi connectivity index (χ0n) is 14.3. The van der Waals surface area contributed by atoms with Gasteiger partial charge in [0.15, 0.2) is 4.34 Å². The first kappa shape index (κ1) is 19.2.